The monoisotopic (exact) mass is 387 g/mol. The van der Waals surface area contributed by atoms with Gasteiger partial charge in [-0.2, -0.15) is 0 Å². The summed E-state index contributed by atoms with van der Waals surface area (Å²) in [5, 5.41) is 11.1. The summed E-state index contributed by atoms with van der Waals surface area (Å²) < 4.78 is 1.77. The highest BCUT2D eigenvalue weighted by atomic mass is 32.2. The second kappa shape index (κ2) is 9.03. The van der Waals surface area contributed by atoms with Crippen LogP contribution in [0.15, 0.2) is 63.3 Å². The summed E-state index contributed by atoms with van der Waals surface area (Å²) in [5.74, 6) is 1.25. The molecule has 0 aliphatic heterocycles. The van der Waals surface area contributed by atoms with E-state index in [9.17, 15) is 4.79 Å². The Labute approximate surface area is 159 Å². The van der Waals surface area contributed by atoms with E-state index >= 15 is 0 Å². The highest BCUT2D eigenvalue weighted by Crippen LogP contribution is 2.28. The average Bonchev–Trinajstić information content (AvgIpc) is 3.09. The average molecular weight is 388 g/mol. The van der Waals surface area contributed by atoms with Crippen LogP contribution in [0.3, 0.4) is 0 Å². The molecular formula is C18H17N3OS3. The number of amides is 1. The molecule has 1 heterocycles. The molecule has 0 fully saturated rings. The second-order valence-corrected chi connectivity index (χ2v) is 8.76. The van der Waals surface area contributed by atoms with Gasteiger partial charge in [0.2, 0.25) is 5.91 Å². The fourth-order valence-corrected chi connectivity index (χ4v) is 4.86. The van der Waals surface area contributed by atoms with Gasteiger partial charge in [-0.15, -0.1) is 10.2 Å². The molecule has 1 aromatic heterocycles. The summed E-state index contributed by atoms with van der Waals surface area (Å²) in [6.45, 7) is 2.08. The number of carbonyl (C=O) groups excluding carboxylic acids is 1. The third-order valence-corrected chi connectivity index (χ3v) is 6.33. The maximum Gasteiger partial charge on any atom is 0.234 e. The van der Waals surface area contributed by atoms with E-state index in [1.165, 1.54) is 23.1 Å². The van der Waals surface area contributed by atoms with E-state index in [1.807, 2.05) is 42.5 Å². The molecule has 4 nitrogen and oxygen atoms in total. The Morgan fingerprint density at radius 1 is 0.960 bits per heavy atom. The van der Waals surface area contributed by atoms with Crippen molar-refractivity contribution in [2.45, 2.75) is 15.6 Å². The summed E-state index contributed by atoms with van der Waals surface area (Å²) in [4.78, 5) is 12.1. The van der Waals surface area contributed by atoms with E-state index in [1.54, 1.807) is 11.8 Å². The van der Waals surface area contributed by atoms with Crippen molar-refractivity contribution in [3.8, 4) is 11.1 Å². The lowest BCUT2D eigenvalue weighted by atomic mass is 10.1. The third kappa shape index (κ3) is 5.32. The van der Waals surface area contributed by atoms with Crippen LogP contribution in [-0.2, 0) is 4.79 Å². The number of anilines is 1. The van der Waals surface area contributed by atoms with E-state index in [0.29, 0.717) is 5.75 Å². The Kier molecular flexibility index (Phi) is 6.49. The van der Waals surface area contributed by atoms with Crippen LogP contribution in [0.25, 0.3) is 11.1 Å². The van der Waals surface area contributed by atoms with Crippen LogP contribution in [0.2, 0.25) is 0 Å². The van der Waals surface area contributed by atoms with Crippen LogP contribution in [0, 0.1) is 0 Å². The van der Waals surface area contributed by atoms with Gasteiger partial charge in [0.05, 0.1) is 5.75 Å². The van der Waals surface area contributed by atoms with Crippen LogP contribution in [0.5, 0.6) is 0 Å². The largest absolute Gasteiger partial charge is 0.325 e. The molecule has 3 rings (SSSR count). The Morgan fingerprint density at radius 2 is 1.60 bits per heavy atom. The number of carbonyl (C=O) groups is 1. The number of nitrogens with zero attached hydrogens (tertiary/aromatic N) is 2. The number of hydrogen-bond donors (Lipinski definition) is 1. The van der Waals surface area contributed by atoms with Crippen molar-refractivity contribution >= 4 is 46.5 Å². The molecule has 128 valence electrons. The van der Waals surface area contributed by atoms with Crippen molar-refractivity contribution in [1.82, 2.24) is 10.2 Å². The normalized spacial score (nSPS) is 10.6. The topological polar surface area (TPSA) is 54.9 Å². The number of benzene rings is 2. The molecule has 3 aromatic rings. The number of thioether (sulfide) groups is 2. The molecule has 0 atom stereocenters. The Bertz CT molecular complexity index is 819. The number of rotatable bonds is 7. The molecule has 25 heavy (non-hydrogen) atoms. The van der Waals surface area contributed by atoms with Crippen LogP contribution >= 0.6 is 34.9 Å². The van der Waals surface area contributed by atoms with Crippen LogP contribution < -0.4 is 5.32 Å². The minimum atomic E-state index is -0.0441. The number of aromatic nitrogens is 2. The fourth-order valence-electron chi connectivity index (χ4n) is 2.14. The molecule has 0 bridgehead atoms. The van der Waals surface area contributed by atoms with Crippen molar-refractivity contribution in [1.29, 1.82) is 0 Å². The summed E-state index contributed by atoms with van der Waals surface area (Å²) >= 11 is 4.61. The van der Waals surface area contributed by atoms with Gasteiger partial charge in [0, 0.05) is 5.69 Å². The van der Waals surface area contributed by atoms with Gasteiger partial charge in [-0.3, -0.25) is 4.79 Å². The van der Waals surface area contributed by atoms with Crippen molar-refractivity contribution in [3.63, 3.8) is 0 Å². The van der Waals surface area contributed by atoms with Crippen LogP contribution in [0.4, 0.5) is 5.69 Å². The SMILES string of the molecule is CCSc1nnc(SCC(=O)Nc2ccc(-c3ccccc3)cc2)s1. The van der Waals surface area contributed by atoms with Crippen molar-refractivity contribution in [2.75, 3.05) is 16.8 Å². The quantitative estimate of drug-likeness (QED) is 0.575. The van der Waals surface area contributed by atoms with Crippen molar-refractivity contribution in [3.05, 3.63) is 54.6 Å². The van der Waals surface area contributed by atoms with E-state index < -0.39 is 0 Å². The summed E-state index contributed by atoms with van der Waals surface area (Å²) in [5.41, 5.74) is 3.08. The molecule has 0 aliphatic rings. The predicted molar refractivity (Wildman–Crippen MR) is 108 cm³/mol. The molecule has 1 N–H and O–H groups in total. The minimum absolute atomic E-state index is 0.0441. The van der Waals surface area contributed by atoms with E-state index in [2.05, 4.69) is 34.6 Å². The fraction of sp³-hybridized carbons (Fsp3) is 0.167. The lowest BCUT2D eigenvalue weighted by Crippen LogP contribution is -2.13. The maximum absolute atomic E-state index is 12.1. The summed E-state index contributed by atoms with van der Waals surface area (Å²) in [6.07, 6.45) is 0. The molecule has 1 amide bonds. The zero-order valence-electron chi connectivity index (χ0n) is 13.6. The Morgan fingerprint density at radius 3 is 2.28 bits per heavy atom. The molecule has 0 spiro atoms. The standard InChI is InChI=1S/C18H17N3OS3/c1-2-23-17-20-21-18(25-17)24-12-16(22)19-15-10-8-14(9-11-15)13-6-4-3-5-7-13/h3-11H,2,12H2,1H3,(H,19,22). The molecule has 0 radical (unpaired) electrons. The predicted octanol–water partition coefficient (Wildman–Crippen LogP) is 5.05. The van der Waals surface area contributed by atoms with Gasteiger partial charge >= 0.3 is 0 Å². The highest BCUT2D eigenvalue weighted by Gasteiger charge is 2.08. The van der Waals surface area contributed by atoms with E-state index in [0.717, 1.165) is 31.2 Å². The van der Waals surface area contributed by atoms with Gasteiger partial charge in [-0.1, -0.05) is 84.2 Å². The van der Waals surface area contributed by atoms with Crippen LogP contribution in [0.1, 0.15) is 6.92 Å². The van der Waals surface area contributed by atoms with Crippen LogP contribution in [-0.4, -0.2) is 27.6 Å². The van der Waals surface area contributed by atoms with Gasteiger partial charge in [-0.25, -0.2) is 0 Å². The highest BCUT2D eigenvalue weighted by molar-refractivity contribution is 8.03. The molecule has 0 saturated heterocycles. The second-order valence-electron chi connectivity index (χ2n) is 5.05. The molecule has 7 heteroatoms. The zero-order valence-corrected chi connectivity index (χ0v) is 16.1. The number of hydrogen-bond acceptors (Lipinski definition) is 6. The van der Waals surface area contributed by atoms with Gasteiger partial charge in [0.25, 0.3) is 0 Å². The first-order valence-electron chi connectivity index (χ1n) is 7.79. The molecule has 2 aromatic carbocycles. The van der Waals surface area contributed by atoms with Gasteiger partial charge < -0.3 is 5.32 Å². The Balaban J connectivity index is 1.52. The zero-order chi connectivity index (χ0) is 17.5. The maximum atomic E-state index is 12.1. The Hall–Kier alpha value is -1.83. The lowest BCUT2D eigenvalue weighted by molar-refractivity contribution is -0.113. The van der Waals surface area contributed by atoms with Gasteiger partial charge in [0.1, 0.15) is 0 Å². The molecule has 0 aliphatic carbocycles. The van der Waals surface area contributed by atoms with Crippen molar-refractivity contribution in [2.24, 2.45) is 0 Å². The van der Waals surface area contributed by atoms with Gasteiger partial charge in [-0.05, 0) is 29.0 Å². The first kappa shape index (κ1) is 18.0. The minimum Gasteiger partial charge on any atom is -0.325 e. The lowest BCUT2D eigenvalue weighted by Gasteiger charge is -2.06. The first-order valence-corrected chi connectivity index (χ1v) is 10.6. The summed E-state index contributed by atoms with van der Waals surface area (Å²) in [7, 11) is 0. The third-order valence-electron chi connectivity index (χ3n) is 3.26. The molecular weight excluding hydrogens is 370 g/mol. The first-order chi connectivity index (χ1) is 12.2. The molecule has 0 saturated carbocycles. The van der Waals surface area contributed by atoms with Crippen molar-refractivity contribution < 1.29 is 4.79 Å². The van der Waals surface area contributed by atoms with Gasteiger partial charge in [0.15, 0.2) is 8.68 Å². The van der Waals surface area contributed by atoms with E-state index in [-0.39, 0.29) is 5.91 Å². The molecule has 0 unspecified atom stereocenters. The number of nitrogens with one attached hydrogen (secondary N) is 1. The van der Waals surface area contributed by atoms with E-state index in [4.69, 9.17) is 0 Å². The smallest absolute Gasteiger partial charge is 0.234 e. The summed E-state index contributed by atoms with van der Waals surface area (Å²) in [6, 6.07) is 18.0.